The van der Waals surface area contributed by atoms with Crippen molar-refractivity contribution in [1.82, 2.24) is 5.32 Å². The molecule has 0 bridgehead atoms. The normalized spacial score (nSPS) is 12.5. The molecule has 1 amide bonds. The number of alkyl carbamates (subject to hydrolysis) is 1. The van der Waals surface area contributed by atoms with E-state index in [0.29, 0.717) is 0 Å². The fourth-order valence-electron chi connectivity index (χ4n) is 0.825. The molecule has 2 N–H and O–H groups in total. The lowest BCUT2D eigenvalue weighted by molar-refractivity contribution is -0.147. The SMILES string of the molecule is CC(=O)OCC(NC(=O)OC(C)(C)C)C(=O)O. The van der Waals surface area contributed by atoms with Gasteiger partial charge in [0.25, 0.3) is 0 Å². The summed E-state index contributed by atoms with van der Waals surface area (Å²) in [5, 5.41) is 10.9. The van der Waals surface area contributed by atoms with E-state index >= 15 is 0 Å². The van der Waals surface area contributed by atoms with Crippen LogP contribution in [0.15, 0.2) is 0 Å². The first-order valence-electron chi connectivity index (χ1n) is 4.97. The Balaban J connectivity index is 4.30. The Morgan fingerprint density at radius 2 is 1.82 bits per heavy atom. The molecule has 0 aliphatic carbocycles. The summed E-state index contributed by atoms with van der Waals surface area (Å²) >= 11 is 0. The van der Waals surface area contributed by atoms with E-state index in [4.69, 9.17) is 9.84 Å². The molecule has 0 saturated carbocycles. The van der Waals surface area contributed by atoms with E-state index in [1.165, 1.54) is 0 Å². The summed E-state index contributed by atoms with van der Waals surface area (Å²) in [6, 6.07) is -1.33. The highest BCUT2D eigenvalue weighted by Crippen LogP contribution is 2.06. The van der Waals surface area contributed by atoms with E-state index in [9.17, 15) is 14.4 Å². The molecule has 1 atom stereocenters. The van der Waals surface area contributed by atoms with Crippen molar-refractivity contribution in [1.29, 1.82) is 0 Å². The monoisotopic (exact) mass is 247 g/mol. The summed E-state index contributed by atoms with van der Waals surface area (Å²) in [5.74, 6) is -1.93. The molecule has 17 heavy (non-hydrogen) atoms. The van der Waals surface area contributed by atoms with Gasteiger partial charge in [-0.2, -0.15) is 0 Å². The Morgan fingerprint density at radius 3 is 2.18 bits per heavy atom. The fraction of sp³-hybridized carbons (Fsp3) is 0.700. The molecule has 7 nitrogen and oxygen atoms in total. The number of hydrogen-bond donors (Lipinski definition) is 2. The predicted octanol–water partition coefficient (Wildman–Crippen LogP) is 0.527. The average Bonchev–Trinajstić information content (AvgIpc) is 2.08. The number of esters is 1. The largest absolute Gasteiger partial charge is 0.480 e. The van der Waals surface area contributed by atoms with Crippen LogP contribution in [0.25, 0.3) is 0 Å². The van der Waals surface area contributed by atoms with Gasteiger partial charge >= 0.3 is 18.0 Å². The van der Waals surface area contributed by atoms with Crippen molar-refractivity contribution >= 4 is 18.0 Å². The lowest BCUT2D eigenvalue weighted by Crippen LogP contribution is -2.46. The molecule has 0 spiro atoms. The van der Waals surface area contributed by atoms with Gasteiger partial charge in [0.05, 0.1) is 0 Å². The van der Waals surface area contributed by atoms with Crippen molar-refractivity contribution in [2.45, 2.75) is 39.3 Å². The third kappa shape index (κ3) is 8.06. The Bertz CT molecular complexity index is 306. The van der Waals surface area contributed by atoms with Crippen LogP contribution in [-0.2, 0) is 19.1 Å². The second-order valence-corrected chi connectivity index (χ2v) is 4.34. The van der Waals surface area contributed by atoms with Crippen molar-refractivity contribution in [3.8, 4) is 0 Å². The number of hydrogen-bond acceptors (Lipinski definition) is 5. The summed E-state index contributed by atoms with van der Waals surface area (Å²) < 4.78 is 9.38. The Hall–Kier alpha value is -1.79. The smallest absolute Gasteiger partial charge is 0.408 e. The van der Waals surface area contributed by atoms with E-state index < -0.39 is 36.3 Å². The lowest BCUT2D eigenvalue weighted by atomic mass is 10.2. The average molecular weight is 247 g/mol. The molecule has 0 aromatic rings. The van der Waals surface area contributed by atoms with Gasteiger partial charge in [0.15, 0.2) is 6.04 Å². The number of aliphatic carboxylic acids is 1. The Kier molecular flexibility index (Phi) is 5.43. The van der Waals surface area contributed by atoms with Crippen molar-refractivity contribution in [3.05, 3.63) is 0 Å². The topological polar surface area (TPSA) is 102 Å². The molecule has 7 heteroatoms. The van der Waals surface area contributed by atoms with E-state index in [1.54, 1.807) is 20.8 Å². The number of amides is 1. The third-order valence-electron chi connectivity index (χ3n) is 1.44. The number of nitrogens with one attached hydrogen (secondary N) is 1. The van der Waals surface area contributed by atoms with Gasteiger partial charge in [-0.3, -0.25) is 4.79 Å². The standard InChI is InChI=1S/C10H17NO6/c1-6(12)16-5-7(8(13)14)11-9(15)17-10(2,3)4/h7H,5H2,1-4H3,(H,11,15)(H,13,14). The van der Waals surface area contributed by atoms with Gasteiger partial charge in [-0.05, 0) is 20.8 Å². The highest BCUT2D eigenvalue weighted by Gasteiger charge is 2.24. The van der Waals surface area contributed by atoms with Gasteiger partial charge in [0, 0.05) is 6.92 Å². The van der Waals surface area contributed by atoms with Crippen molar-refractivity contribution in [3.63, 3.8) is 0 Å². The number of carboxylic acids is 1. The summed E-state index contributed by atoms with van der Waals surface area (Å²) in [7, 11) is 0. The van der Waals surface area contributed by atoms with Crippen molar-refractivity contribution < 1.29 is 29.0 Å². The Labute approximate surface area is 99.1 Å². The third-order valence-corrected chi connectivity index (χ3v) is 1.44. The van der Waals surface area contributed by atoms with Gasteiger partial charge in [0.1, 0.15) is 12.2 Å². The van der Waals surface area contributed by atoms with Crippen LogP contribution >= 0.6 is 0 Å². The van der Waals surface area contributed by atoms with Gasteiger partial charge < -0.3 is 19.9 Å². The molecule has 1 unspecified atom stereocenters. The van der Waals surface area contributed by atoms with Gasteiger partial charge in [-0.1, -0.05) is 0 Å². The van der Waals surface area contributed by atoms with Crippen molar-refractivity contribution in [2.75, 3.05) is 6.61 Å². The molecular formula is C10H17NO6. The van der Waals surface area contributed by atoms with Crippen LogP contribution in [0.2, 0.25) is 0 Å². The van der Waals surface area contributed by atoms with Crippen LogP contribution in [0.4, 0.5) is 4.79 Å². The van der Waals surface area contributed by atoms with Crippen LogP contribution in [0, 0.1) is 0 Å². The molecule has 0 radical (unpaired) electrons. The van der Waals surface area contributed by atoms with Crippen LogP contribution in [0.3, 0.4) is 0 Å². The number of carbonyl (C=O) groups is 3. The molecule has 0 aromatic carbocycles. The zero-order valence-corrected chi connectivity index (χ0v) is 10.3. The minimum Gasteiger partial charge on any atom is -0.480 e. The van der Waals surface area contributed by atoms with Crippen LogP contribution in [-0.4, -0.2) is 41.4 Å². The number of carboxylic acid groups (broad SMARTS) is 1. The number of ether oxygens (including phenoxy) is 2. The minimum absolute atomic E-state index is 0.441. The summed E-state index contributed by atoms with van der Waals surface area (Å²) in [4.78, 5) is 32.6. The minimum atomic E-state index is -1.33. The van der Waals surface area contributed by atoms with Crippen LogP contribution in [0.1, 0.15) is 27.7 Å². The van der Waals surface area contributed by atoms with Crippen molar-refractivity contribution in [2.24, 2.45) is 0 Å². The summed E-state index contributed by atoms with van der Waals surface area (Å²) in [6.07, 6.45) is -0.878. The molecule has 0 aromatic heterocycles. The van der Waals surface area contributed by atoms with E-state index in [0.717, 1.165) is 6.92 Å². The quantitative estimate of drug-likeness (QED) is 0.702. The molecule has 0 rings (SSSR count). The first kappa shape index (κ1) is 15.2. The van der Waals surface area contributed by atoms with E-state index in [2.05, 4.69) is 10.1 Å². The predicted molar refractivity (Wildman–Crippen MR) is 57.4 cm³/mol. The second-order valence-electron chi connectivity index (χ2n) is 4.34. The second kappa shape index (κ2) is 6.07. The molecule has 98 valence electrons. The molecule has 0 heterocycles. The molecule has 0 saturated heterocycles. The highest BCUT2D eigenvalue weighted by molar-refractivity contribution is 5.80. The van der Waals surface area contributed by atoms with Crippen LogP contribution < -0.4 is 5.32 Å². The van der Waals surface area contributed by atoms with Crippen LogP contribution in [0.5, 0.6) is 0 Å². The molecular weight excluding hydrogens is 230 g/mol. The maximum Gasteiger partial charge on any atom is 0.408 e. The lowest BCUT2D eigenvalue weighted by Gasteiger charge is -2.21. The zero-order chi connectivity index (χ0) is 13.6. The first-order chi connectivity index (χ1) is 7.61. The van der Waals surface area contributed by atoms with Gasteiger partial charge in [-0.25, -0.2) is 9.59 Å². The van der Waals surface area contributed by atoms with Gasteiger partial charge in [0.2, 0.25) is 0 Å². The highest BCUT2D eigenvalue weighted by atomic mass is 16.6. The maximum absolute atomic E-state index is 11.3. The zero-order valence-electron chi connectivity index (χ0n) is 10.3. The van der Waals surface area contributed by atoms with E-state index in [1.807, 2.05) is 0 Å². The molecule has 0 aliphatic rings. The number of rotatable bonds is 4. The molecule has 0 aliphatic heterocycles. The summed E-state index contributed by atoms with van der Waals surface area (Å²) in [5.41, 5.74) is -0.728. The van der Waals surface area contributed by atoms with Gasteiger partial charge in [-0.15, -0.1) is 0 Å². The summed E-state index contributed by atoms with van der Waals surface area (Å²) in [6.45, 7) is 5.65. The molecule has 0 fully saturated rings. The van der Waals surface area contributed by atoms with E-state index in [-0.39, 0.29) is 0 Å². The first-order valence-corrected chi connectivity index (χ1v) is 4.97. The maximum atomic E-state index is 11.3. The Morgan fingerprint density at radius 1 is 1.29 bits per heavy atom. The fourth-order valence-corrected chi connectivity index (χ4v) is 0.825. The number of carbonyl (C=O) groups excluding carboxylic acids is 2.